The number of halogens is 1. The lowest BCUT2D eigenvalue weighted by molar-refractivity contribution is -0.143. The Morgan fingerprint density at radius 2 is 2.00 bits per heavy atom. The fourth-order valence-electron chi connectivity index (χ4n) is 3.17. The van der Waals surface area contributed by atoms with Crippen molar-refractivity contribution < 1.29 is 19.1 Å². The Hall–Kier alpha value is -1.29. The predicted octanol–water partition coefficient (Wildman–Crippen LogP) is 4.23. The van der Waals surface area contributed by atoms with Gasteiger partial charge in [-0.15, -0.1) is 12.4 Å². The summed E-state index contributed by atoms with van der Waals surface area (Å²) < 4.78 is 10.6. The van der Waals surface area contributed by atoms with Crippen molar-refractivity contribution >= 4 is 24.3 Å². The van der Waals surface area contributed by atoms with Crippen LogP contribution in [0.15, 0.2) is 23.3 Å². The van der Waals surface area contributed by atoms with Crippen molar-refractivity contribution in [2.24, 2.45) is 17.8 Å². The molecule has 4 nitrogen and oxygen atoms in total. The summed E-state index contributed by atoms with van der Waals surface area (Å²) in [6, 6.07) is 0. The molecule has 1 fully saturated rings. The minimum atomic E-state index is -0.382. The van der Waals surface area contributed by atoms with E-state index in [4.69, 9.17) is 9.47 Å². The van der Waals surface area contributed by atoms with E-state index in [-0.39, 0.29) is 36.9 Å². The maximum absolute atomic E-state index is 12.3. The van der Waals surface area contributed by atoms with Crippen molar-refractivity contribution in [1.29, 1.82) is 0 Å². The van der Waals surface area contributed by atoms with Gasteiger partial charge in [-0.3, -0.25) is 0 Å². The summed E-state index contributed by atoms with van der Waals surface area (Å²) in [4.78, 5) is 24.4. The van der Waals surface area contributed by atoms with E-state index in [1.165, 1.54) is 12.8 Å². The molecule has 136 valence electrons. The second-order valence-electron chi connectivity index (χ2n) is 6.89. The molecule has 0 aliphatic heterocycles. The number of ether oxygens (including phenoxy) is 2. The SMILES string of the molecule is CC/C=C(\COC(=O)C1=CCCC2CCC12)C(=O)OCC(C)C.Cl. The lowest BCUT2D eigenvalue weighted by Crippen LogP contribution is -2.34. The highest BCUT2D eigenvalue weighted by Crippen LogP contribution is 2.45. The molecule has 0 radical (unpaired) electrons. The van der Waals surface area contributed by atoms with Gasteiger partial charge in [-0.2, -0.15) is 0 Å². The lowest BCUT2D eigenvalue weighted by Gasteiger charge is -2.40. The van der Waals surface area contributed by atoms with E-state index in [2.05, 4.69) is 0 Å². The Balaban J connectivity index is 0.00000288. The van der Waals surface area contributed by atoms with E-state index < -0.39 is 0 Å². The second kappa shape index (κ2) is 9.87. The zero-order valence-corrected chi connectivity index (χ0v) is 15.7. The Morgan fingerprint density at radius 3 is 2.58 bits per heavy atom. The summed E-state index contributed by atoms with van der Waals surface area (Å²) in [5.74, 6) is 0.671. The Labute approximate surface area is 151 Å². The third-order valence-electron chi connectivity index (χ3n) is 4.57. The molecule has 0 aromatic carbocycles. The molecule has 2 aliphatic rings. The normalized spacial score (nSPS) is 22.7. The molecule has 2 aliphatic carbocycles. The minimum Gasteiger partial charge on any atom is -0.462 e. The standard InChI is InChI=1S/C19H28O4.ClH/c1-4-6-15(18(20)22-11-13(2)3)12-23-19(21)17-8-5-7-14-9-10-16(14)17;/h6,8,13-14,16H,4-5,7,9-12H2,1-3H3;1H/b15-6+;. The van der Waals surface area contributed by atoms with Gasteiger partial charge in [0.25, 0.3) is 0 Å². The summed E-state index contributed by atoms with van der Waals surface area (Å²) >= 11 is 0. The average molecular weight is 357 g/mol. The molecule has 2 unspecified atom stereocenters. The molecule has 0 spiro atoms. The summed E-state index contributed by atoms with van der Waals surface area (Å²) in [5.41, 5.74) is 1.25. The first kappa shape index (κ1) is 20.8. The van der Waals surface area contributed by atoms with Crippen LogP contribution in [0.25, 0.3) is 0 Å². The van der Waals surface area contributed by atoms with Crippen LogP contribution < -0.4 is 0 Å². The summed E-state index contributed by atoms with van der Waals surface area (Å²) in [6.07, 6.45) is 8.94. The lowest BCUT2D eigenvalue weighted by atomic mass is 9.65. The Kier molecular flexibility index (Phi) is 8.54. The molecule has 2 atom stereocenters. The van der Waals surface area contributed by atoms with Gasteiger partial charge < -0.3 is 9.47 Å². The van der Waals surface area contributed by atoms with E-state index in [0.29, 0.717) is 30.4 Å². The Morgan fingerprint density at radius 1 is 1.25 bits per heavy atom. The molecule has 1 saturated carbocycles. The van der Waals surface area contributed by atoms with Gasteiger partial charge in [0.15, 0.2) is 0 Å². The molecule has 0 bridgehead atoms. The number of rotatable bonds is 7. The molecule has 2 rings (SSSR count). The van der Waals surface area contributed by atoms with Crippen LogP contribution in [-0.4, -0.2) is 25.2 Å². The van der Waals surface area contributed by atoms with Gasteiger partial charge in [-0.25, -0.2) is 9.59 Å². The van der Waals surface area contributed by atoms with Gasteiger partial charge in [0.2, 0.25) is 0 Å². The maximum atomic E-state index is 12.3. The van der Waals surface area contributed by atoms with Gasteiger partial charge in [0.05, 0.1) is 12.2 Å². The molecule has 0 aromatic rings. The quantitative estimate of drug-likeness (QED) is 0.506. The van der Waals surface area contributed by atoms with E-state index >= 15 is 0 Å². The van der Waals surface area contributed by atoms with Crippen LogP contribution in [0.3, 0.4) is 0 Å². The van der Waals surface area contributed by atoms with Crippen molar-refractivity contribution in [1.82, 2.24) is 0 Å². The minimum absolute atomic E-state index is 0. The van der Waals surface area contributed by atoms with Gasteiger partial charge in [0.1, 0.15) is 6.61 Å². The van der Waals surface area contributed by atoms with E-state index in [1.807, 2.05) is 26.8 Å². The van der Waals surface area contributed by atoms with Crippen LogP contribution in [0.2, 0.25) is 0 Å². The smallest absolute Gasteiger partial charge is 0.337 e. The molecule has 5 heteroatoms. The highest BCUT2D eigenvalue weighted by molar-refractivity contribution is 5.92. The van der Waals surface area contributed by atoms with Gasteiger partial charge in [0, 0.05) is 5.57 Å². The monoisotopic (exact) mass is 356 g/mol. The zero-order valence-electron chi connectivity index (χ0n) is 14.9. The van der Waals surface area contributed by atoms with Crippen LogP contribution in [-0.2, 0) is 19.1 Å². The van der Waals surface area contributed by atoms with Crippen LogP contribution in [0, 0.1) is 17.8 Å². The van der Waals surface area contributed by atoms with E-state index in [0.717, 1.165) is 18.4 Å². The molecular formula is C19H29ClO4. The molecular weight excluding hydrogens is 328 g/mol. The van der Waals surface area contributed by atoms with Gasteiger partial charge >= 0.3 is 11.9 Å². The molecule has 0 heterocycles. The first-order valence-corrected chi connectivity index (χ1v) is 8.76. The molecule has 0 saturated heterocycles. The largest absolute Gasteiger partial charge is 0.462 e. The topological polar surface area (TPSA) is 52.6 Å². The third kappa shape index (κ3) is 5.37. The summed E-state index contributed by atoms with van der Waals surface area (Å²) in [7, 11) is 0. The van der Waals surface area contributed by atoms with Crippen LogP contribution >= 0.6 is 12.4 Å². The molecule has 0 amide bonds. The van der Waals surface area contributed by atoms with Crippen LogP contribution in [0.1, 0.15) is 52.9 Å². The summed E-state index contributed by atoms with van der Waals surface area (Å²) in [6.45, 7) is 6.30. The highest BCUT2D eigenvalue weighted by Gasteiger charge is 2.38. The zero-order chi connectivity index (χ0) is 16.8. The fourth-order valence-corrected chi connectivity index (χ4v) is 3.17. The molecule has 24 heavy (non-hydrogen) atoms. The molecule has 0 aromatic heterocycles. The van der Waals surface area contributed by atoms with E-state index in [9.17, 15) is 9.59 Å². The van der Waals surface area contributed by atoms with Crippen molar-refractivity contribution in [2.75, 3.05) is 13.2 Å². The van der Waals surface area contributed by atoms with Crippen molar-refractivity contribution in [3.63, 3.8) is 0 Å². The first-order chi connectivity index (χ1) is 11.0. The van der Waals surface area contributed by atoms with Crippen LogP contribution in [0.5, 0.6) is 0 Å². The predicted molar refractivity (Wildman–Crippen MR) is 95.9 cm³/mol. The number of esters is 2. The number of carbonyl (C=O) groups is 2. The molecule has 0 N–H and O–H groups in total. The van der Waals surface area contributed by atoms with Crippen LogP contribution in [0.4, 0.5) is 0 Å². The highest BCUT2D eigenvalue weighted by atomic mass is 35.5. The number of hydrogen-bond acceptors (Lipinski definition) is 4. The van der Waals surface area contributed by atoms with E-state index in [1.54, 1.807) is 6.08 Å². The second-order valence-corrected chi connectivity index (χ2v) is 6.89. The van der Waals surface area contributed by atoms with Crippen molar-refractivity contribution in [3.05, 3.63) is 23.3 Å². The third-order valence-corrected chi connectivity index (χ3v) is 4.57. The average Bonchev–Trinajstić information content (AvgIpc) is 2.49. The fraction of sp³-hybridized carbons (Fsp3) is 0.684. The Bertz CT molecular complexity index is 507. The number of fused-ring (bicyclic) bond motifs is 1. The van der Waals surface area contributed by atoms with Crippen molar-refractivity contribution in [2.45, 2.75) is 52.9 Å². The first-order valence-electron chi connectivity index (χ1n) is 8.76. The van der Waals surface area contributed by atoms with Gasteiger partial charge in [-0.1, -0.05) is 32.9 Å². The van der Waals surface area contributed by atoms with Gasteiger partial charge in [-0.05, 0) is 49.9 Å². The number of hydrogen-bond donors (Lipinski definition) is 0. The number of allylic oxidation sites excluding steroid dienone is 2. The number of carbonyl (C=O) groups excluding carboxylic acids is 2. The van der Waals surface area contributed by atoms with Crippen molar-refractivity contribution in [3.8, 4) is 0 Å². The maximum Gasteiger partial charge on any atom is 0.337 e. The summed E-state index contributed by atoms with van der Waals surface area (Å²) in [5, 5.41) is 0.